The van der Waals surface area contributed by atoms with Crippen molar-refractivity contribution in [3.63, 3.8) is 0 Å². The van der Waals surface area contributed by atoms with Crippen molar-refractivity contribution in [1.82, 2.24) is 0 Å². The van der Waals surface area contributed by atoms with Gasteiger partial charge in [0.25, 0.3) is 0 Å². The fourth-order valence-electron chi connectivity index (χ4n) is 2.66. The van der Waals surface area contributed by atoms with Crippen molar-refractivity contribution in [2.45, 2.75) is 61.2 Å². The van der Waals surface area contributed by atoms with Gasteiger partial charge in [0.2, 0.25) is 0 Å². The first-order valence-electron chi connectivity index (χ1n) is 9.12. The lowest BCUT2D eigenvalue weighted by atomic mass is 9.88. The molecule has 1 atom stereocenters. The Bertz CT molecular complexity index is 940. The smallest absolute Gasteiger partial charge is 0.460 e. The highest BCUT2D eigenvalue weighted by Gasteiger charge is 2.93. The predicted octanol–water partition coefficient (Wildman–Crippen LogP) is 6.66. The summed E-state index contributed by atoms with van der Waals surface area (Å²) in [5.74, 6) is -48.9. The van der Waals surface area contributed by atoms with Crippen LogP contribution >= 0.6 is 0 Å². The first-order valence-corrected chi connectivity index (χ1v) is 9.12. The molecule has 3 nitrogen and oxygen atoms in total. The summed E-state index contributed by atoms with van der Waals surface area (Å²) < 4.78 is 203. The van der Waals surface area contributed by atoms with E-state index in [1.54, 1.807) is 0 Å². The van der Waals surface area contributed by atoms with Gasteiger partial charge in [0.1, 0.15) is 0 Å². The quantitative estimate of drug-likeness (QED) is 0.256. The van der Waals surface area contributed by atoms with Gasteiger partial charge >= 0.3 is 47.7 Å². The maximum atomic E-state index is 14.1. The van der Waals surface area contributed by atoms with Crippen LogP contribution in [0.15, 0.2) is 24.3 Å². The van der Waals surface area contributed by atoms with E-state index in [0.717, 1.165) is 18.2 Å². The van der Waals surface area contributed by atoms with Gasteiger partial charge in [-0.1, -0.05) is 18.2 Å². The van der Waals surface area contributed by atoms with E-state index in [2.05, 4.69) is 4.74 Å². The lowest BCUT2D eigenvalue weighted by Crippen LogP contribution is -2.72. The number of aliphatic hydroxyl groups is 1. The topological polar surface area (TPSA) is 46.5 Å². The molecule has 0 aliphatic carbocycles. The van der Waals surface area contributed by atoms with Gasteiger partial charge in [-0.15, -0.1) is 0 Å². The summed E-state index contributed by atoms with van der Waals surface area (Å²) in [4.78, 5) is 11.8. The third-order valence-corrected chi connectivity index (χ3v) is 4.66. The Hall–Kier alpha value is -2.40. The van der Waals surface area contributed by atoms with Crippen LogP contribution < -0.4 is 0 Å². The Morgan fingerprint density at radius 2 is 1.17 bits per heavy atom. The average molecular weight is 562 g/mol. The Morgan fingerprint density at radius 1 is 0.750 bits per heavy atom. The van der Waals surface area contributed by atoms with Crippen LogP contribution in [-0.2, 0) is 4.74 Å². The number of carbonyl (C=O) groups is 1. The van der Waals surface area contributed by atoms with E-state index in [0.29, 0.717) is 6.07 Å². The molecule has 18 heteroatoms. The van der Waals surface area contributed by atoms with Gasteiger partial charge in [0.15, 0.2) is 0 Å². The average Bonchev–Trinajstić information content (AvgIpc) is 2.72. The van der Waals surface area contributed by atoms with E-state index < -0.39 is 71.3 Å². The molecule has 0 aromatic heterocycles. The van der Waals surface area contributed by atoms with E-state index in [1.165, 1.54) is 6.92 Å². The van der Waals surface area contributed by atoms with Gasteiger partial charge in [0, 0.05) is 6.42 Å². The third kappa shape index (κ3) is 4.79. The molecule has 1 unspecified atom stereocenters. The zero-order valence-electron chi connectivity index (χ0n) is 17.2. The highest BCUT2D eigenvalue weighted by atomic mass is 19.4. The second-order valence-corrected chi connectivity index (χ2v) is 7.10. The number of ether oxygens (including phenoxy) is 1. The largest absolute Gasteiger partial charge is 0.462 e. The summed E-state index contributed by atoms with van der Waals surface area (Å²) >= 11 is 0. The lowest BCUT2D eigenvalue weighted by Gasteiger charge is -2.41. The van der Waals surface area contributed by atoms with Crippen LogP contribution in [0.4, 0.5) is 65.9 Å². The van der Waals surface area contributed by atoms with Crippen LogP contribution in [0.5, 0.6) is 0 Å². The molecule has 208 valence electrons. The summed E-state index contributed by atoms with van der Waals surface area (Å²) in [7, 11) is 0. The highest BCUT2D eigenvalue weighted by molar-refractivity contribution is 5.91. The van der Waals surface area contributed by atoms with Gasteiger partial charge in [-0.3, -0.25) is 0 Å². The molecule has 0 saturated carbocycles. The van der Waals surface area contributed by atoms with E-state index in [1.807, 2.05) is 0 Å². The van der Waals surface area contributed by atoms with Crippen molar-refractivity contribution in [2.24, 2.45) is 0 Å². The molecule has 0 aliphatic rings. The number of benzene rings is 1. The molecule has 0 saturated heterocycles. The Morgan fingerprint density at radius 3 is 1.61 bits per heavy atom. The molecule has 1 aromatic rings. The number of alkyl halides is 15. The van der Waals surface area contributed by atoms with Gasteiger partial charge in [0.05, 0.1) is 18.3 Å². The van der Waals surface area contributed by atoms with Crippen LogP contribution in [0.25, 0.3) is 0 Å². The fourth-order valence-corrected chi connectivity index (χ4v) is 2.66. The van der Waals surface area contributed by atoms with Crippen molar-refractivity contribution in [2.75, 3.05) is 6.61 Å². The summed E-state index contributed by atoms with van der Waals surface area (Å²) in [6, 6.07) is 3.26. The van der Waals surface area contributed by atoms with Crippen molar-refractivity contribution in [1.29, 1.82) is 0 Å². The number of rotatable bonds is 10. The molecule has 36 heavy (non-hydrogen) atoms. The maximum Gasteiger partial charge on any atom is 0.460 e. The van der Waals surface area contributed by atoms with Crippen LogP contribution in [0.3, 0.4) is 0 Å². The van der Waals surface area contributed by atoms with Gasteiger partial charge in [-0.2, -0.15) is 65.9 Å². The molecular formula is C18H13F15O3. The van der Waals surface area contributed by atoms with Crippen molar-refractivity contribution >= 4 is 5.97 Å². The van der Waals surface area contributed by atoms with Crippen molar-refractivity contribution in [3.8, 4) is 0 Å². The Labute approximate surface area is 190 Å². The second kappa shape index (κ2) is 9.48. The monoisotopic (exact) mass is 562 g/mol. The normalized spacial score (nSPS) is 15.6. The minimum absolute atomic E-state index is 0.352. The molecule has 0 aliphatic heterocycles. The van der Waals surface area contributed by atoms with Crippen LogP contribution in [0, 0.1) is 0 Å². The second-order valence-electron chi connectivity index (χ2n) is 7.10. The lowest BCUT2D eigenvalue weighted by molar-refractivity contribution is -0.453. The molecule has 1 N–H and O–H groups in total. The summed E-state index contributed by atoms with van der Waals surface area (Å²) in [6.45, 7) is 0.890. The van der Waals surface area contributed by atoms with Crippen LogP contribution in [0.1, 0.15) is 35.4 Å². The van der Waals surface area contributed by atoms with Crippen molar-refractivity contribution < 1.29 is 80.5 Å². The van der Waals surface area contributed by atoms with Crippen molar-refractivity contribution in [3.05, 3.63) is 35.4 Å². The highest BCUT2D eigenvalue weighted by Crippen LogP contribution is 2.63. The number of hydrogen-bond donors (Lipinski definition) is 1. The van der Waals surface area contributed by atoms with Gasteiger partial charge in [-0.05, 0) is 18.6 Å². The van der Waals surface area contributed by atoms with Gasteiger partial charge < -0.3 is 9.84 Å². The van der Waals surface area contributed by atoms with Gasteiger partial charge in [-0.25, -0.2) is 4.79 Å². The minimum atomic E-state index is -8.42. The van der Waals surface area contributed by atoms with E-state index >= 15 is 0 Å². The summed E-state index contributed by atoms with van der Waals surface area (Å²) in [5, 5.41) is 9.81. The Balaban J connectivity index is 3.50. The predicted molar refractivity (Wildman–Crippen MR) is 87.7 cm³/mol. The first kappa shape index (κ1) is 31.6. The summed E-state index contributed by atoms with van der Waals surface area (Å²) in [5.41, 5.74) is -1.82. The number of hydrogen-bond acceptors (Lipinski definition) is 3. The molecule has 0 amide bonds. The standard InChI is InChI=1S/C18H13F15O3/c1-2-36-11(35)9-6-4-3-5-8(9)10(34)7-12(19,20)13(21,22)14(23,24)15(25,26)16(27,28)17(29,30)18(31,32)33/h3-6,10,34H,2,7H2,1H3. The fraction of sp³-hybridized carbons (Fsp3) is 0.611. The van der Waals surface area contributed by atoms with E-state index in [-0.39, 0.29) is 6.61 Å². The van der Waals surface area contributed by atoms with Crippen LogP contribution in [-0.4, -0.2) is 59.4 Å². The number of aliphatic hydroxyl groups excluding tert-OH is 1. The number of esters is 1. The molecule has 1 rings (SSSR count). The Kier molecular flexibility index (Phi) is 8.33. The van der Waals surface area contributed by atoms with E-state index in [9.17, 15) is 75.8 Å². The molecule has 0 heterocycles. The minimum Gasteiger partial charge on any atom is -0.462 e. The number of carbonyl (C=O) groups excluding carboxylic acids is 1. The zero-order valence-corrected chi connectivity index (χ0v) is 17.2. The zero-order chi connectivity index (χ0) is 28.8. The maximum absolute atomic E-state index is 14.1. The SMILES string of the molecule is CCOC(=O)c1ccccc1C(O)CC(F)(F)C(F)(F)C(F)(F)C(F)(F)C(F)(F)C(F)(F)C(F)(F)F. The molecule has 0 fully saturated rings. The molecule has 0 bridgehead atoms. The molecule has 0 spiro atoms. The third-order valence-electron chi connectivity index (χ3n) is 4.66. The summed E-state index contributed by atoms with van der Waals surface area (Å²) in [6.07, 6.45) is -13.8. The molecule has 1 aromatic carbocycles. The van der Waals surface area contributed by atoms with E-state index in [4.69, 9.17) is 0 Å². The first-order chi connectivity index (χ1) is 15.8. The molecule has 0 radical (unpaired) electrons. The molecular weight excluding hydrogens is 549 g/mol. The van der Waals surface area contributed by atoms with Crippen LogP contribution in [0.2, 0.25) is 0 Å². The number of halogens is 15.